The van der Waals surface area contributed by atoms with Crippen LogP contribution in [-0.4, -0.2) is 54.0 Å². The van der Waals surface area contributed by atoms with Gasteiger partial charge in [0.1, 0.15) is 12.4 Å². The molecule has 2 aromatic heterocycles. The molecule has 7 rings (SSSR count). The average Bonchev–Trinajstić information content (AvgIpc) is 3.76. The monoisotopic (exact) mass is 541 g/mol. The van der Waals surface area contributed by atoms with Crippen molar-refractivity contribution in [2.75, 3.05) is 31.1 Å². The second-order valence-electron chi connectivity index (χ2n) is 10.2. The summed E-state index contributed by atoms with van der Waals surface area (Å²) in [5.41, 5.74) is 7.67. The van der Waals surface area contributed by atoms with Crippen LogP contribution in [0.25, 0.3) is 11.5 Å². The number of sulfonamides is 1. The molecule has 3 aliphatic heterocycles. The van der Waals surface area contributed by atoms with E-state index in [0.29, 0.717) is 17.1 Å². The van der Waals surface area contributed by atoms with E-state index < -0.39 is 16.1 Å². The van der Waals surface area contributed by atoms with E-state index in [2.05, 4.69) is 26.3 Å². The zero-order chi connectivity index (χ0) is 26.6. The molecule has 5 heterocycles. The molecule has 1 unspecified atom stereocenters. The van der Waals surface area contributed by atoms with Crippen molar-refractivity contribution in [2.24, 2.45) is 0 Å². The highest BCUT2D eigenvalue weighted by atomic mass is 32.2. The van der Waals surface area contributed by atoms with Gasteiger partial charge in [0.2, 0.25) is 15.9 Å². The number of nitrogens with one attached hydrogen (secondary N) is 1. The van der Waals surface area contributed by atoms with Gasteiger partial charge in [-0.1, -0.05) is 12.1 Å². The third kappa shape index (κ3) is 4.35. The topological polar surface area (TPSA) is 112 Å². The van der Waals surface area contributed by atoms with Gasteiger partial charge >= 0.3 is 0 Å². The minimum absolute atomic E-state index is 0.203. The van der Waals surface area contributed by atoms with Crippen LogP contribution in [0.2, 0.25) is 0 Å². The maximum Gasteiger partial charge on any atom is 0.243 e. The molecule has 1 atom stereocenters. The van der Waals surface area contributed by atoms with E-state index in [9.17, 15) is 13.5 Å². The summed E-state index contributed by atoms with van der Waals surface area (Å²) in [4.78, 5) is 11.1. The summed E-state index contributed by atoms with van der Waals surface area (Å²) in [7, 11) is -3.72. The lowest BCUT2D eigenvalue weighted by Crippen LogP contribution is -2.26. The van der Waals surface area contributed by atoms with E-state index in [1.807, 2.05) is 24.3 Å². The SMILES string of the molecule is O=S(=O)(c1ccc(-c2ncco2)cc1)N1Cc2cnc(C(O)c3cccc(N4CC5=C(CNC5)C4)c3)cc2C1. The minimum atomic E-state index is -3.72. The lowest BCUT2D eigenvalue weighted by molar-refractivity contribution is 0.215. The maximum absolute atomic E-state index is 13.4. The van der Waals surface area contributed by atoms with Crippen LogP contribution in [0.5, 0.6) is 0 Å². The molecular formula is C29H27N5O4S. The van der Waals surface area contributed by atoms with E-state index in [0.717, 1.165) is 48.6 Å². The first-order valence-corrected chi connectivity index (χ1v) is 14.3. The van der Waals surface area contributed by atoms with E-state index in [-0.39, 0.29) is 18.0 Å². The Morgan fingerprint density at radius 1 is 0.923 bits per heavy atom. The van der Waals surface area contributed by atoms with Gasteiger partial charge in [-0.05, 0) is 70.3 Å². The number of aromatic nitrogens is 2. The molecule has 39 heavy (non-hydrogen) atoms. The summed E-state index contributed by atoms with van der Waals surface area (Å²) >= 11 is 0. The zero-order valence-corrected chi connectivity index (χ0v) is 21.9. The first kappa shape index (κ1) is 24.2. The predicted octanol–water partition coefficient (Wildman–Crippen LogP) is 3.24. The molecule has 198 valence electrons. The molecule has 0 amide bonds. The highest BCUT2D eigenvalue weighted by molar-refractivity contribution is 7.89. The first-order chi connectivity index (χ1) is 19.0. The average molecular weight is 542 g/mol. The molecule has 0 bridgehead atoms. The fraction of sp³-hybridized carbons (Fsp3) is 0.241. The van der Waals surface area contributed by atoms with Crippen LogP contribution < -0.4 is 10.2 Å². The van der Waals surface area contributed by atoms with Gasteiger partial charge in [0.25, 0.3) is 0 Å². The molecule has 0 fully saturated rings. The summed E-state index contributed by atoms with van der Waals surface area (Å²) in [6.07, 6.45) is 3.80. The maximum atomic E-state index is 13.4. The smallest absolute Gasteiger partial charge is 0.243 e. The van der Waals surface area contributed by atoms with Gasteiger partial charge in [-0.15, -0.1) is 0 Å². The number of aliphatic hydroxyl groups excluding tert-OH is 1. The number of benzene rings is 2. The normalized spacial score (nSPS) is 18.0. The Kier molecular flexibility index (Phi) is 5.85. The summed E-state index contributed by atoms with van der Waals surface area (Å²) in [5.74, 6) is 0.438. The molecule has 0 aliphatic carbocycles. The molecule has 0 radical (unpaired) electrons. The molecule has 2 N–H and O–H groups in total. The third-order valence-electron chi connectivity index (χ3n) is 7.74. The minimum Gasteiger partial charge on any atom is -0.445 e. The van der Waals surface area contributed by atoms with Gasteiger partial charge < -0.3 is 19.7 Å². The summed E-state index contributed by atoms with van der Waals surface area (Å²) in [5, 5.41) is 14.6. The van der Waals surface area contributed by atoms with Crippen LogP contribution in [0, 0.1) is 0 Å². The van der Waals surface area contributed by atoms with E-state index in [4.69, 9.17) is 4.42 Å². The van der Waals surface area contributed by atoms with Gasteiger partial charge in [-0.25, -0.2) is 13.4 Å². The fourth-order valence-electron chi connectivity index (χ4n) is 5.58. The van der Waals surface area contributed by atoms with Gasteiger partial charge in [0, 0.05) is 56.7 Å². The third-order valence-corrected chi connectivity index (χ3v) is 9.55. The van der Waals surface area contributed by atoms with E-state index in [1.165, 1.54) is 21.7 Å². The number of fused-ring (bicyclic) bond motifs is 1. The standard InChI is InChI=1S/C29H27N5O4S/c35-28(20-2-1-3-25(10-20)33-15-22-12-30-13-23(22)16-33)27-11-21-17-34(18-24(21)14-32-27)39(36,37)26-6-4-19(5-7-26)29-31-8-9-38-29/h1-11,14,28,30,35H,12-13,15-18H2. The lowest BCUT2D eigenvalue weighted by atomic mass is 10.0. The van der Waals surface area contributed by atoms with Crippen molar-refractivity contribution < 1.29 is 17.9 Å². The number of nitrogens with zero attached hydrogens (tertiary/aromatic N) is 4. The molecule has 0 saturated heterocycles. The number of anilines is 1. The van der Waals surface area contributed by atoms with Crippen molar-refractivity contribution in [2.45, 2.75) is 24.1 Å². The molecule has 10 heteroatoms. The van der Waals surface area contributed by atoms with Crippen molar-refractivity contribution in [1.82, 2.24) is 19.6 Å². The van der Waals surface area contributed by atoms with Gasteiger partial charge in [-0.2, -0.15) is 4.31 Å². The second kappa shape index (κ2) is 9.42. The Balaban J connectivity index is 1.08. The summed E-state index contributed by atoms with van der Waals surface area (Å²) in [6.45, 7) is 4.18. The quantitative estimate of drug-likeness (QED) is 0.358. The van der Waals surface area contributed by atoms with Gasteiger partial charge in [0.05, 0.1) is 16.8 Å². The van der Waals surface area contributed by atoms with E-state index in [1.54, 1.807) is 36.7 Å². The molecule has 0 spiro atoms. The van der Waals surface area contributed by atoms with Crippen LogP contribution in [0.4, 0.5) is 5.69 Å². The van der Waals surface area contributed by atoms with Crippen molar-refractivity contribution in [1.29, 1.82) is 0 Å². The van der Waals surface area contributed by atoms with Crippen molar-refractivity contribution >= 4 is 15.7 Å². The Bertz CT molecular complexity index is 1670. The van der Waals surface area contributed by atoms with Crippen molar-refractivity contribution in [3.8, 4) is 11.5 Å². The van der Waals surface area contributed by atoms with Gasteiger partial charge in [-0.3, -0.25) is 4.98 Å². The number of oxazole rings is 1. The molecule has 2 aromatic carbocycles. The van der Waals surface area contributed by atoms with Crippen LogP contribution in [0.1, 0.15) is 28.5 Å². The molecule has 9 nitrogen and oxygen atoms in total. The second-order valence-corrected chi connectivity index (χ2v) is 12.1. The number of hydrogen-bond acceptors (Lipinski definition) is 8. The number of aliphatic hydroxyl groups is 1. The van der Waals surface area contributed by atoms with Gasteiger partial charge in [0.15, 0.2) is 0 Å². The molecule has 0 saturated carbocycles. The highest BCUT2D eigenvalue weighted by Crippen LogP contribution is 2.33. The van der Waals surface area contributed by atoms with Crippen molar-refractivity contribution in [3.05, 3.63) is 107 Å². The highest BCUT2D eigenvalue weighted by Gasteiger charge is 2.32. The fourth-order valence-corrected chi connectivity index (χ4v) is 6.98. The number of pyridine rings is 1. The van der Waals surface area contributed by atoms with Crippen LogP contribution in [-0.2, 0) is 23.1 Å². The Morgan fingerprint density at radius 2 is 1.69 bits per heavy atom. The van der Waals surface area contributed by atoms with Crippen LogP contribution in [0.3, 0.4) is 0 Å². The van der Waals surface area contributed by atoms with Crippen LogP contribution >= 0.6 is 0 Å². The molecule has 3 aliphatic rings. The number of rotatable bonds is 6. The van der Waals surface area contributed by atoms with Crippen molar-refractivity contribution in [3.63, 3.8) is 0 Å². The number of hydrogen-bond donors (Lipinski definition) is 2. The Hall–Kier alpha value is -3.83. The Morgan fingerprint density at radius 3 is 2.44 bits per heavy atom. The predicted molar refractivity (Wildman–Crippen MR) is 145 cm³/mol. The van der Waals surface area contributed by atoms with E-state index >= 15 is 0 Å². The summed E-state index contributed by atoms with van der Waals surface area (Å²) < 4.78 is 33.5. The largest absolute Gasteiger partial charge is 0.445 e. The lowest BCUT2D eigenvalue weighted by Gasteiger charge is -2.22. The zero-order valence-electron chi connectivity index (χ0n) is 21.1. The summed E-state index contributed by atoms with van der Waals surface area (Å²) in [6, 6.07) is 16.3. The Labute approximate surface area is 226 Å². The molecule has 4 aromatic rings. The van der Waals surface area contributed by atoms with Crippen LogP contribution in [0.15, 0.2) is 93.7 Å². The first-order valence-electron chi connectivity index (χ1n) is 12.9. The molecular weight excluding hydrogens is 514 g/mol.